The topological polar surface area (TPSA) is 12.0 Å². The molecule has 0 saturated carbocycles. The van der Waals surface area contributed by atoms with Crippen molar-refractivity contribution in [2.45, 2.75) is 46.6 Å². The third kappa shape index (κ3) is 5.41. The van der Waals surface area contributed by atoms with Gasteiger partial charge in [0.05, 0.1) is 0 Å². The molecular weight excluding hydrogens is 242 g/mol. The van der Waals surface area contributed by atoms with Gasteiger partial charge in [-0.05, 0) is 42.5 Å². The van der Waals surface area contributed by atoms with Gasteiger partial charge in [0.15, 0.2) is 0 Å². The first-order chi connectivity index (χ1) is 8.52. The summed E-state index contributed by atoms with van der Waals surface area (Å²) >= 11 is 6.05. The van der Waals surface area contributed by atoms with Crippen LogP contribution in [0, 0.1) is 11.8 Å². The molecule has 0 radical (unpaired) electrons. The van der Waals surface area contributed by atoms with Crippen LogP contribution in [0.25, 0.3) is 0 Å². The van der Waals surface area contributed by atoms with E-state index in [0.29, 0.717) is 12.0 Å². The van der Waals surface area contributed by atoms with Gasteiger partial charge in [-0.15, -0.1) is 0 Å². The first-order valence-corrected chi connectivity index (χ1v) is 7.38. The van der Waals surface area contributed by atoms with Crippen LogP contribution in [-0.2, 0) is 6.42 Å². The molecule has 0 heterocycles. The molecule has 2 atom stereocenters. The number of rotatable bonds is 7. The van der Waals surface area contributed by atoms with Gasteiger partial charge < -0.3 is 5.32 Å². The van der Waals surface area contributed by atoms with Crippen LogP contribution in [0.2, 0.25) is 5.02 Å². The fourth-order valence-corrected chi connectivity index (χ4v) is 2.37. The van der Waals surface area contributed by atoms with Crippen LogP contribution in [0.5, 0.6) is 0 Å². The van der Waals surface area contributed by atoms with Crippen molar-refractivity contribution in [1.82, 2.24) is 5.32 Å². The maximum absolute atomic E-state index is 6.05. The molecule has 0 aliphatic rings. The molecule has 0 bridgehead atoms. The van der Waals surface area contributed by atoms with Gasteiger partial charge >= 0.3 is 0 Å². The van der Waals surface area contributed by atoms with Crippen LogP contribution in [0.3, 0.4) is 0 Å². The zero-order valence-electron chi connectivity index (χ0n) is 12.0. The zero-order valence-corrected chi connectivity index (χ0v) is 12.8. The molecule has 1 rings (SSSR count). The molecule has 0 fully saturated rings. The van der Waals surface area contributed by atoms with Gasteiger partial charge in [0.2, 0.25) is 0 Å². The minimum Gasteiger partial charge on any atom is -0.314 e. The van der Waals surface area contributed by atoms with Crippen LogP contribution in [0.4, 0.5) is 0 Å². The molecule has 1 nitrogen and oxygen atoms in total. The van der Waals surface area contributed by atoms with E-state index < -0.39 is 0 Å². The molecule has 0 saturated heterocycles. The molecule has 1 N–H and O–H groups in total. The maximum atomic E-state index is 6.05. The molecule has 0 aliphatic heterocycles. The third-order valence-corrected chi connectivity index (χ3v) is 3.86. The van der Waals surface area contributed by atoms with Crippen LogP contribution in [-0.4, -0.2) is 12.6 Å². The van der Waals surface area contributed by atoms with Crippen LogP contribution >= 0.6 is 11.6 Å². The normalized spacial score (nSPS) is 14.8. The standard InChI is InChI=1S/C16H26ClN/c1-5-13(4)15(11-18-12(2)3)9-14-7-6-8-16(17)10-14/h6-8,10,12-13,15,18H,5,9,11H2,1-4H3. The molecule has 2 heteroatoms. The number of hydrogen-bond acceptors (Lipinski definition) is 1. The van der Waals surface area contributed by atoms with Crippen molar-refractivity contribution in [3.63, 3.8) is 0 Å². The SMILES string of the molecule is CCC(C)C(CNC(C)C)Cc1cccc(Cl)c1. The molecule has 18 heavy (non-hydrogen) atoms. The minimum absolute atomic E-state index is 0.552. The summed E-state index contributed by atoms with van der Waals surface area (Å²) in [6.07, 6.45) is 2.33. The van der Waals surface area contributed by atoms with Crippen molar-refractivity contribution in [2.24, 2.45) is 11.8 Å². The predicted molar refractivity (Wildman–Crippen MR) is 81.2 cm³/mol. The lowest BCUT2D eigenvalue weighted by molar-refractivity contribution is 0.320. The smallest absolute Gasteiger partial charge is 0.0408 e. The summed E-state index contributed by atoms with van der Waals surface area (Å²) in [6.45, 7) is 10.1. The Balaban J connectivity index is 2.65. The van der Waals surface area contributed by atoms with Crippen LogP contribution in [0.1, 0.15) is 39.7 Å². The summed E-state index contributed by atoms with van der Waals surface area (Å²) in [7, 11) is 0. The first kappa shape index (κ1) is 15.5. The monoisotopic (exact) mass is 267 g/mol. The molecule has 0 amide bonds. The largest absolute Gasteiger partial charge is 0.314 e. The highest BCUT2D eigenvalue weighted by Gasteiger charge is 2.16. The van der Waals surface area contributed by atoms with E-state index in [4.69, 9.17) is 11.6 Å². The minimum atomic E-state index is 0.552. The van der Waals surface area contributed by atoms with Gasteiger partial charge in [-0.3, -0.25) is 0 Å². The fraction of sp³-hybridized carbons (Fsp3) is 0.625. The average Bonchev–Trinajstić information content (AvgIpc) is 2.33. The Morgan fingerprint density at radius 1 is 1.22 bits per heavy atom. The number of benzene rings is 1. The van der Waals surface area contributed by atoms with E-state index in [9.17, 15) is 0 Å². The van der Waals surface area contributed by atoms with E-state index >= 15 is 0 Å². The lowest BCUT2D eigenvalue weighted by atomic mass is 9.86. The molecule has 2 unspecified atom stereocenters. The Morgan fingerprint density at radius 3 is 2.50 bits per heavy atom. The molecule has 1 aromatic carbocycles. The molecular formula is C16H26ClN. The van der Waals surface area contributed by atoms with Gasteiger partial charge in [0.25, 0.3) is 0 Å². The highest BCUT2D eigenvalue weighted by atomic mass is 35.5. The van der Waals surface area contributed by atoms with Crippen LogP contribution in [0.15, 0.2) is 24.3 Å². The second kappa shape index (κ2) is 7.81. The van der Waals surface area contributed by atoms with Crippen molar-refractivity contribution < 1.29 is 0 Å². The van der Waals surface area contributed by atoms with Gasteiger partial charge in [-0.1, -0.05) is 57.8 Å². The van der Waals surface area contributed by atoms with Crippen molar-refractivity contribution in [3.8, 4) is 0 Å². The Kier molecular flexibility index (Phi) is 6.73. The van der Waals surface area contributed by atoms with Crippen molar-refractivity contribution >= 4 is 11.6 Å². The Bertz CT molecular complexity index is 349. The summed E-state index contributed by atoms with van der Waals surface area (Å²) in [5, 5.41) is 4.40. The Labute approximate surface area is 117 Å². The van der Waals surface area contributed by atoms with Crippen molar-refractivity contribution in [2.75, 3.05) is 6.54 Å². The summed E-state index contributed by atoms with van der Waals surface area (Å²) in [6, 6.07) is 8.80. The van der Waals surface area contributed by atoms with Crippen molar-refractivity contribution in [3.05, 3.63) is 34.9 Å². The predicted octanol–water partition coefficient (Wildman–Crippen LogP) is 4.54. The molecule has 1 aromatic rings. The fourth-order valence-electron chi connectivity index (χ4n) is 2.16. The summed E-state index contributed by atoms with van der Waals surface area (Å²) in [4.78, 5) is 0. The van der Waals surface area contributed by atoms with E-state index in [1.807, 2.05) is 12.1 Å². The van der Waals surface area contributed by atoms with Gasteiger partial charge in [-0.25, -0.2) is 0 Å². The molecule has 0 aliphatic carbocycles. The van der Waals surface area contributed by atoms with Gasteiger partial charge in [0, 0.05) is 11.1 Å². The number of halogens is 1. The van der Waals surface area contributed by atoms with E-state index in [1.54, 1.807) is 0 Å². The van der Waals surface area contributed by atoms with E-state index in [0.717, 1.165) is 23.9 Å². The van der Waals surface area contributed by atoms with E-state index in [2.05, 4.69) is 45.1 Å². The second-order valence-corrected chi connectivity index (χ2v) is 5.98. The molecule has 0 aromatic heterocycles. The number of hydrogen-bond donors (Lipinski definition) is 1. The summed E-state index contributed by atoms with van der Waals surface area (Å²) in [5.41, 5.74) is 1.35. The lowest BCUT2D eigenvalue weighted by Crippen LogP contribution is -2.32. The second-order valence-electron chi connectivity index (χ2n) is 5.54. The maximum Gasteiger partial charge on any atom is 0.0408 e. The lowest BCUT2D eigenvalue weighted by Gasteiger charge is -2.25. The zero-order chi connectivity index (χ0) is 13.5. The van der Waals surface area contributed by atoms with Gasteiger partial charge in [-0.2, -0.15) is 0 Å². The Morgan fingerprint density at radius 2 is 1.94 bits per heavy atom. The number of nitrogens with one attached hydrogen (secondary N) is 1. The third-order valence-electron chi connectivity index (χ3n) is 3.62. The van der Waals surface area contributed by atoms with Crippen LogP contribution < -0.4 is 5.32 Å². The first-order valence-electron chi connectivity index (χ1n) is 7.00. The summed E-state index contributed by atoms with van der Waals surface area (Å²) in [5.74, 6) is 1.41. The molecule has 102 valence electrons. The highest BCUT2D eigenvalue weighted by molar-refractivity contribution is 6.30. The Hall–Kier alpha value is -0.530. The molecule has 0 spiro atoms. The van der Waals surface area contributed by atoms with E-state index in [-0.39, 0.29) is 0 Å². The van der Waals surface area contributed by atoms with Gasteiger partial charge in [0.1, 0.15) is 0 Å². The van der Waals surface area contributed by atoms with E-state index in [1.165, 1.54) is 12.0 Å². The summed E-state index contributed by atoms with van der Waals surface area (Å²) < 4.78 is 0. The quantitative estimate of drug-likeness (QED) is 0.765. The van der Waals surface area contributed by atoms with Crippen molar-refractivity contribution in [1.29, 1.82) is 0 Å². The average molecular weight is 268 g/mol. The highest BCUT2D eigenvalue weighted by Crippen LogP contribution is 2.21.